The normalized spacial score (nSPS) is 34.5. The highest BCUT2D eigenvalue weighted by molar-refractivity contribution is 5.87. The topological polar surface area (TPSA) is 299 Å². The first-order valence-corrected chi connectivity index (χ1v) is 17.9. The zero-order valence-corrected chi connectivity index (χ0v) is 31.0. The molecule has 9 N–H and O–H groups in total. The number of benzene rings is 2. The third-order valence-electron chi connectivity index (χ3n) is 9.45. The fraction of sp³-hybridized carbons (Fsp3) is 0.568. The highest BCUT2D eigenvalue weighted by Gasteiger charge is 2.54. The van der Waals surface area contributed by atoms with Gasteiger partial charge in [0.2, 0.25) is 0 Å². The summed E-state index contributed by atoms with van der Waals surface area (Å²) in [4.78, 5) is 25.5. The third kappa shape index (κ3) is 10.9. The first kappa shape index (κ1) is 44.0. The average molecular weight is 813 g/mol. The number of carbonyl (C=O) groups excluding carboxylic acids is 2. The zero-order chi connectivity index (χ0) is 41.6. The standard InChI is InChI=1S/C37H48O20/c1-16-27(44)29(46)34(54-17(2)38)37(53-16)57-33-31(48)36(50-11-10-19-5-8-24(49-3)22(41)13-19)55-25(15-52-35-30(47)28(45)23(42)14-51-35)32(33)56-26(43)9-6-18-4-7-20(39)21(40)12-18/h4-9,12-13,16,23,25,27-37,39-42,44-48H,10-11,14-15H2,1-3H3/b9-6+/t16-,23-,25+,27-,28-,29+,30+,31+,32+,33+,34+,35-,36+,37-/m0/s1. The summed E-state index contributed by atoms with van der Waals surface area (Å²) in [5.41, 5.74) is 0.886. The number of ether oxygens (including phenoxy) is 9. The van der Waals surface area contributed by atoms with Crippen LogP contribution in [-0.4, -0.2) is 171 Å². The van der Waals surface area contributed by atoms with Crippen molar-refractivity contribution < 1.29 is 98.2 Å². The maximum atomic E-state index is 13.4. The fourth-order valence-corrected chi connectivity index (χ4v) is 6.33. The van der Waals surface area contributed by atoms with Crippen LogP contribution >= 0.6 is 0 Å². The quantitative estimate of drug-likeness (QED) is 0.0585. The number of hydrogen-bond acceptors (Lipinski definition) is 20. The lowest BCUT2D eigenvalue weighted by molar-refractivity contribution is -0.362. The molecule has 0 spiro atoms. The summed E-state index contributed by atoms with van der Waals surface area (Å²) in [5, 5.41) is 93.6. The van der Waals surface area contributed by atoms with Gasteiger partial charge in [-0.25, -0.2) is 4.79 Å². The van der Waals surface area contributed by atoms with E-state index in [1.807, 2.05) is 0 Å². The van der Waals surface area contributed by atoms with Crippen LogP contribution in [0.2, 0.25) is 0 Å². The van der Waals surface area contributed by atoms with Crippen molar-refractivity contribution in [3.63, 3.8) is 0 Å². The summed E-state index contributed by atoms with van der Waals surface area (Å²) in [7, 11) is 1.39. The predicted molar refractivity (Wildman–Crippen MR) is 188 cm³/mol. The van der Waals surface area contributed by atoms with Crippen molar-refractivity contribution in [2.45, 2.75) is 106 Å². The molecule has 5 rings (SSSR count). The molecule has 0 aromatic heterocycles. The van der Waals surface area contributed by atoms with E-state index in [0.29, 0.717) is 5.56 Å². The lowest BCUT2D eigenvalue weighted by Gasteiger charge is -2.47. The molecule has 3 heterocycles. The number of aliphatic hydroxyl groups is 6. The van der Waals surface area contributed by atoms with E-state index in [0.717, 1.165) is 13.0 Å². The van der Waals surface area contributed by atoms with Crippen LogP contribution in [0.5, 0.6) is 23.0 Å². The molecule has 316 valence electrons. The van der Waals surface area contributed by atoms with Crippen LogP contribution < -0.4 is 4.74 Å². The first-order valence-electron chi connectivity index (χ1n) is 17.9. The highest BCUT2D eigenvalue weighted by Crippen LogP contribution is 2.34. The highest BCUT2D eigenvalue weighted by atomic mass is 16.8. The summed E-state index contributed by atoms with van der Waals surface area (Å²) >= 11 is 0. The number of carbonyl (C=O) groups is 2. The average Bonchev–Trinajstić information content (AvgIpc) is 3.17. The van der Waals surface area contributed by atoms with Gasteiger partial charge in [-0.05, 0) is 54.8 Å². The van der Waals surface area contributed by atoms with Crippen molar-refractivity contribution in [2.24, 2.45) is 0 Å². The molecule has 0 radical (unpaired) electrons. The molecule has 0 aliphatic carbocycles. The lowest BCUT2D eigenvalue weighted by atomic mass is 9.96. The molecule has 57 heavy (non-hydrogen) atoms. The smallest absolute Gasteiger partial charge is 0.331 e. The van der Waals surface area contributed by atoms with Gasteiger partial charge in [0.05, 0.1) is 33.0 Å². The van der Waals surface area contributed by atoms with E-state index in [2.05, 4.69) is 0 Å². The number of phenols is 3. The second kappa shape index (κ2) is 19.5. The minimum Gasteiger partial charge on any atom is -0.504 e. The van der Waals surface area contributed by atoms with Crippen molar-refractivity contribution >= 4 is 18.0 Å². The molecule has 3 saturated heterocycles. The maximum Gasteiger partial charge on any atom is 0.331 e. The van der Waals surface area contributed by atoms with E-state index in [4.69, 9.17) is 42.6 Å². The van der Waals surface area contributed by atoms with Crippen LogP contribution in [0.4, 0.5) is 0 Å². The molecule has 0 amide bonds. The second-order valence-corrected chi connectivity index (χ2v) is 13.6. The third-order valence-corrected chi connectivity index (χ3v) is 9.45. The SMILES string of the molecule is COc1ccc(CCO[C@@H]2O[C@H](CO[C@@H]3OC[C@H](O)[C@H](O)[C@H]3O)[C@@H](OC(=O)/C=C/c3ccc(O)c(O)c3)[C@H](O[C@@H]3O[C@@H](C)[C@H](O)[C@@H](O)[C@H]3OC(C)=O)[C@H]2O)cc1O. The molecule has 2 aromatic rings. The molecule has 3 fully saturated rings. The fourth-order valence-electron chi connectivity index (χ4n) is 6.33. The Morgan fingerprint density at radius 2 is 1.53 bits per heavy atom. The van der Waals surface area contributed by atoms with Crippen molar-refractivity contribution in [1.29, 1.82) is 0 Å². The Morgan fingerprint density at radius 3 is 2.21 bits per heavy atom. The minimum atomic E-state index is -1.84. The van der Waals surface area contributed by atoms with Gasteiger partial charge in [-0.15, -0.1) is 0 Å². The Labute approximate surface area is 325 Å². The molecule has 20 heteroatoms. The van der Waals surface area contributed by atoms with Gasteiger partial charge in [0, 0.05) is 13.0 Å². The summed E-state index contributed by atoms with van der Waals surface area (Å²) in [6.07, 6.45) is -19.9. The Kier molecular flexibility index (Phi) is 15.1. The number of aromatic hydroxyl groups is 3. The Balaban J connectivity index is 1.46. The van der Waals surface area contributed by atoms with Gasteiger partial charge in [-0.1, -0.05) is 12.1 Å². The van der Waals surface area contributed by atoms with E-state index in [-0.39, 0.29) is 30.1 Å². The van der Waals surface area contributed by atoms with Crippen LogP contribution in [0.25, 0.3) is 6.08 Å². The van der Waals surface area contributed by atoms with Gasteiger partial charge in [0.1, 0.15) is 48.8 Å². The van der Waals surface area contributed by atoms with Crippen LogP contribution in [-0.2, 0) is 53.9 Å². The zero-order valence-electron chi connectivity index (χ0n) is 31.0. The van der Waals surface area contributed by atoms with E-state index >= 15 is 0 Å². The van der Waals surface area contributed by atoms with Gasteiger partial charge >= 0.3 is 11.9 Å². The predicted octanol–water partition coefficient (Wildman–Crippen LogP) is -1.68. The molecule has 3 aliphatic rings. The Bertz CT molecular complexity index is 1690. The minimum absolute atomic E-state index is 0.128. The number of phenolic OH excluding ortho intramolecular Hbond substituents is 3. The van der Waals surface area contributed by atoms with Gasteiger partial charge in [0.15, 0.2) is 54.1 Å². The Hall–Kier alpha value is -4.16. The van der Waals surface area contributed by atoms with Gasteiger partial charge in [-0.2, -0.15) is 0 Å². The summed E-state index contributed by atoms with van der Waals surface area (Å²) in [6, 6.07) is 8.40. The van der Waals surface area contributed by atoms with Crippen molar-refractivity contribution in [3.8, 4) is 23.0 Å². The number of hydrogen-bond donors (Lipinski definition) is 9. The van der Waals surface area contributed by atoms with Gasteiger partial charge in [0.25, 0.3) is 0 Å². The molecule has 14 atom stereocenters. The van der Waals surface area contributed by atoms with E-state index in [9.17, 15) is 55.5 Å². The molecular formula is C37H48O20. The van der Waals surface area contributed by atoms with Crippen LogP contribution in [0.1, 0.15) is 25.0 Å². The molecule has 0 bridgehead atoms. The summed E-state index contributed by atoms with van der Waals surface area (Å²) in [5.74, 6) is -2.69. The largest absolute Gasteiger partial charge is 0.504 e. The van der Waals surface area contributed by atoms with Gasteiger partial charge < -0.3 is 88.6 Å². The Morgan fingerprint density at radius 1 is 0.772 bits per heavy atom. The van der Waals surface area contributed by atoms with E-state index < -0.39 is 123 Å². The van der Waals surface area contributed by atoms with Crippen LogP contribution in [0.3, 0.4) is 0 Å². The summed E-state index contributed by atoms with van der Waals surface area (Å²) < 4.78 is 51.1. The molecule has 3 aliphatic heterocycles. The molecular weight excluding hydrogens is 764 g/mol. The van der Waals surface area contributed by atoms with E-state index in [1.54, 1.807) is 12.1 Å². The maximum absolute atomic E-state index is 13.4. The van der Waals surface area contributed by atoms with Crippen molar-refractivity contribution in [1.82, 2.24) is 0 Å². The molecule has 20 nitrogen and oxygen atoms in total. The lowest BCUT2D eigenvalue weighted by Crippen LogP contribution is -2.65. The molecule has 2 aromatic carbocycles. The number of methoxy groups -OCH3 is 1. The first-order chi connectivity index (χ1) is 27.1. The van der Waals surface area contributed by atoms with Crippen LogP contribution in [0.15, 0.2) is 42.5 Å². The number of aliphatic hydroxyl groups excluding tert-OH is 6. The van der Waals surface area contributed by atoms with Crippen LogP contribution in [0, 0.1) is 0 Å². The number of rotatable bonds is 14. The van der Waals surface area contributed by atoms with Gasteiger partial charge in [-0.3, -0.25) is 4.79 Å². The molecule has 0 saturated carbocycles. The number of esters is 2. The van der Waals surface area contributed by atoms with E-state index in [1.165, 1.54) is 44.4 Å². The summed E-state index contributed by atoms with van der Waals surface area (Å²) in [6.45, 7) is 1.29. The monoisotopic (exact) mass is 812 g/mol. The van der Waals surface area contributed by atoms with Crippen molar-refractivity contribution in [3.05, 3.63) is 53.6 Å². The molecule has 0 unspecified atom stereocenters. The van der Waals surface area contributed by atoms with Crippen molar-refractivity contribution in [2.75, 3.05) is 26.9 Å². The second-order valence-electron chi connectivity index (χ2n) is 13.6.